The summed E-state index contributed by atoms with van der Waals surface area (Å²) >= 11 is 0. The molecule has 6 heteroatoms. The van der Waals surface area contributed by atoms with Gasteiger partial charge >= 0.3 is 12.0 Å². The molecule has 2 aliphatic rings. The summed E-state index contributed by atoms with van der Waals surface area (Å²) in [6.07, 6.45) is 4.11. The fraction of sp³-hybridized carbons (Fsp3) is 0.467. The average Bonchev–Trinajstić information content (AvgIpc) is 3.07. The Labute approximate surface area is 123 Å². The van der Waals surface area contributed by atoms with Crippen LogP contribution in [0.15, 0.2) is 24.3 Å². The van der Waals surface area contributed by atoms with E-state index in [0.717, 1.165) is 25.7 Å². The third kappa shape index (κ3) is 2.58. The lowest BCUT2D eigenvalue weighted by Gasteiger charge is -2.23. The molecule has 1 saturated carbocycles. The first kappa shape index (κ1) is 13.9. The molecule has 112 valence electrons. The van der Waals surface area contributed by atoms with Gasteiger partial charge in [0.1, 0.15) is 5.66 Å². The highest BCUT2D eigenvalue weighted by Crippen LogP contribution is 2.32. The van der Waals surface area contributed by atoms with E-state index in [2.05, 4.69) is 10.7 Å². The van der Waals surface area contributed by atoms with Crippen LogP contribution in [0, 0.1) is 0 Å². The molecule has 0 atom stereocenters. The lowest BCUT2D eigenvalue weighted by Crippen LogP contribution is -2.48. The van der Waals surface area contributed by atoms with E-state index in [9.17, 15) is 9.59 Å². The number of urea groups is 1. The van der Waals surface area contributed by atoms with Crippen molar-refractivity contribution in [1.82, 2.24) is 10.7 Å². The number of ether oxygens (including phenoxy) is 1. The van der Waals surface area contributed by atoms with Crippen molar-refractivity contribution in [3.8, 4) is 0 Å². The van der Waals surface area contributed by atoms with E-state index in [-0.39, 0.29) is 17.7 Å². The second-order valence-corrected chi connectivity index (χ2v) is 5.43. The number of rotatable bonds is 3. The van der Waals surface area contributed by atoms with Gasteiger partial charge < -0.3 is 10.1 Å². The summed E-state index contributed by atoms with van der Waals surface area (Å²) in [5.41, 5.74) is 4.16. The van der Waals surface area contributed by atoms with Crippen molar-refractivity contribution in [2.24, 2.45) is 0 Å². The molecule has 2 amide bonds. The fourth-order valence-electron chi connectivity index (χ4n) is 2.91. The summed E-state index contributed by atoms with van der Waals surface area (Å²) in [6.45, 7) is 2.12. The van der Waals surface area contributed by atoms with Crippen LogP contribution in [0.4, 0.5) is 10.5 Å². The number of hydrazine groups is 1. The lowest BCUT2D eigenvalue weighted by molar-refractivity contribution is 0.0526. The van der Waals surface area contributed by atoms with E-state index in [1.807, 2.05) is 0 Å². The number of amides is 2. The van der Waals surface area contributed by atoms with Crippen molar-refractivity contribution < 1.29 is 14.3 Å². The van der Waals surface area contributed by atoms with Crippen LogP contribution >= 0.6 is 0 Å². The smallest absolute Gasteiger partial charge is 0.338 e. The Kier molecular flexibility index (Phi) is 3.55. The topological polar surface area (TPSA) is 70.7 Å². The van der Waals surface area contributed by atoms with Gasteiger partial charge in [0.25, 0.3) is 0 Å². The molecule has 6 nitrogen and oxygen atoms in total. The van der Waals surface area contributed by atoms with E-state index in [0.29, 0.717) is 17.9 Å². The van der Waals surface area contributed by atoms with Crippen LogP contribution < -0.4 is 15.8 Å². The van der Waals surface area contributed by atoms with Crippen LogP contribution in [0.3, 0.4) is 0 Å². The normalized spacial score (nSPS) is 19.9. The molecule has 21 heavy (non-hydrogen) atoms. The minimum atomic E-state index is -0.352. The fourth-order valence-corrected chi connectivity index (χ4v) is 2.91. The van der Waals surface area contributed by atoms with Gasteiger partial charge in [-0.1, -0.05) is 0 Å². The minimum Gasteiger partial charge on any atom is -0.462 e. The number of carbonyl (C=O) groups is 2. The van der Waals surface area contributed by atoms with Gasteiger partial charge in [-0.15, -0.1) is 0 Å². The molecule has 1 spiro atoms. The molecule has 2 fully saturated rings. The lowest BCUT2D eigenvalue weighted by atomic mass is 10.1. The van der Waals surface area contributed by atoms with Gasteiger partial charge in [-0.05, 0) is 56.9 Å². The molecule has 0 radical (unpaired) electrons. The van der Waals surface area contributed by atoms with Crippen molar-refractivity contribution >= 4 is 17.7 Å². The Morgan fingerprint density at radius 2 is 1.95 bits per heavy atom. The zero-order chi connectivity index (χ0) is 14.9. The van der Waals surface area contributed by atoms with Gasteiger partial charge in [0.2, 0.25) is 0 Å². The number of hydrogen-bond acceptors (Lipinski definition) is 4. The van der Waals surface area contributed by atoms with Crippen LogP contribution in [0.5, 0.6) is 0 Å². The summed E-state index contributed by atoms with van der Waals surface area (Å²) in [7, 11) is 0. The molecular formula is C15H19N3O3. The minimum absolute atomic E-state index is 0.152. The first-order chi connectivity index (χ1) is 10.1. The van der Waals surface area contributed by atoms with E-state index in [1.165, 1.54) is 5.01 Å². The van der Waals surface area contributed by atoms with E-state index < -0.39 is 0 Å². The standard InChI is InChI=1S/C15H19N3O3/c1-2-21-13(19)11-5-7-12(8-6-11)18-14(20)16-15(17-18)9-3-4-10-15/h5-8,17H,2-4,9-10H2,1H3,(H,16,20). The number of nitrogens with zero attached hydrogens (tertiary/aromatic N) is 1. The molecule has 1 aliphatic carbocycles. The van der Waals surface area contributed by atoms with E-state index in [4.69, 9.17) is 4.74 Å². The Balaban J connectivity index is 1.75. The van der Waals surface area contributed by atoms with Crippen molar-refractivity contribution in [3.63, 3.8) is 0 Å². The van der Waals surface area contributed by atoms with Crippen molar-refractivity contribution in [2.45, 2.75) is 38.3 Å². The summed E-state index contributed by atoms with van der Waals surface area (Å²) in [4.78, 5) is 23.7. The average molecular weight is 289 g/mol. The van der Waals surface area contributed by atoms with Gasteiger partial charge in [-0.25, -0.2) is 20.0 Å². The summed E-state index contributed by atoms with van der Waals surface area (Å²) in [5.74, 6) is -0.352. The molecule has 1 saturated heterocycles. The highest BCUT2D eigenvalue weighted by atomic mass is 16.5. The van der Waals surface area contributed by atoms with Gasteiger partial charge in [-0.3, -0.25) is 0 Å². The van der Waals surface area contributed by atoms with Crippen LogP contribution in [-0.4, -0.2) is 24.3 Å². The second kappa shape index (κ2) is 5.37. The van der Waals surface area contributed by atoms with Crippen molar-refractivity contribution in [2.75, 3.05) is 11.6 Å². The van der Waals surface area contributed by atoms with Crippen molar-refractivity contribution in [1.29, 1.82) is 0 Å². The van der Waals surface area contributed by atoms with Gasteiger partial charge in [0, 0.05) is 0 Å². The molecule has 1 heterocycles. The van der Waals surface area contributed by atoms with Crippen LogP contribution in [-0.2, 0) is 4.74 Å². The molecule has 1 aromatic rings. The Hall–Kier alpha value is -2.08. The van der Waals surface area contributed by atoms with Gasteiger partial charge in [-0.2, -0.15) is 0 Å². The molecule has 0 aromatic heterocycles. The number of nitrogens with one attached hydrogen (secondary N) is 2. The third-order valence-electron chi connectivity index (χ3n) is 3.97. The van der Waals surface area contributed by atoms with Crippen LogP contribution in [0.25, 0.3) is 0 Å². The molecular weight excluding hydrogens is 270 g/mol. The number of hydrogen-bond donors (Lipinski definition) is 2. The summed E-state index contributed by atoms with van der Waals surface area (Å²) in [5, 5.41) is 4.53. The Morgan fingerprint density at radius 1 is 1.29 bits per heavy atom. The maximum atomic E-state index is 12.1. The number of benzene rings is 1. The number of anilines is 1. The maximum absolute atomic E-state index is 12.1. The first-order valence-corrected chi connectivity index (χ1v) is 7.31. The van der Waals surface area contributed by atoms with E-state index in [1.54, 1.807) is 31.2 Å². The zero-order valence-corrected chi connectivity index (χ0v) is 12.0. The van der Waals surface area contributed by atoms with Crippen molar-refractivity contribution in [3.05, 3.63) is 29.8 Å². The Morgan fingerprint density at radius 3 is 2.57 bits per heavy atom. The van der Waals surface area contributed by atoms with Crippen LogP contribution in [0.2, 0.25) is 0 Å². The largest absolute Gasteiger partial charge is 0.462 e. The molecule has 3 rings (SSSR count). The molecule has 1 aromatic carbocycles. The summed E-state index contributed by atoms with van der Waals surface area (Å²) in [6, 6.07) is 6.67. The number of esters is 1. The maximum Gasteiger partial charge on any atom is 0.338 e. The zero-order valence-electron chi connectivity index (χ0n) is 12.0. The highest BCUT2D eigenvalue weighted by Gasteiger charge is 2.44. The van der Waals surface area contributed by atoms with E-state index >= 15 is 0 Å². The molecule has 2 N–H and O–H groups in total. The molecule has 0 bridgehead atoms. The predicted molar refractivity (Wildman–Crippen MR) is 77.7 cm³/mol. The predicted octanol–water partition coefficient (Wildman–Crippen LogP) is 2.17. The quantitative estimate of drug-likeness (QED) is 0.837. The Bertz CT molecular complexity index is 550. The molecule has 0 unspecified atom stereocenters. The van der Waals surface area contributed by atoms with Crippen LogP contribution in [0.1, 0.15) is 43.0 Å². The second-order valence-electron chi connectivity index (χ2n) is 5.43. The summed E-state index contributed by atoms with van der Waals surface area (Å²) < 4.78 is 4.94. The third-order valence-corrected chi connectivity index (χ3v) is 3.97. The van der Waals surface area contributed by atoms with Gasteiger partial charge in [0.05, 0.1) is 17.9 Å². The monoisotopic (exact) mass is 289 g/mol. The van der Waals surface area contributed by atoms with Gasteiger partial charge in [0.15, 0.2) is 0 Å². The highest BCUT2D eigenvalue weighted by molar-refractivity contribution is 5.95. The first-order valence-electron chi connectivity index (χ1n) is 7.31. The SMILES string of the molecule is CCOC(=O)c1ccc(N2NC3(CCCC3)NC2=O)cc1. The number of carbonyl (C=O) groups excluding carboxylic acids is 2. The molecule has 1 aliphatic heterocycles.